The van der Waals surface area contributed by atoms with Crippen LogP contribution >= 0.6 is 0 Å². The number of carbonyl (C=O) groups is 7. The Morgan fingerprint density at radius 2 is 1.65 bits per heavy atom. The largest absolute Gasteiger partial charge is 0.506 e. The molecule has 1 aromatic carbocycles. The molecule has 0 bridgehead atoms. The average molecular weight is 713 g/mol. The van der Waals surface area contributed by atoms with Gasteiger partial charge in [-0.1, -0.05) is 19.9 Å². The van der Waals surface area contributed by atoms with E-state index < -0.39 is 82.2 Å². The second-order valence-electron chi connectivity index (χ2n) is 11.1. The number of urea groups is 1. The van der Waals surface area contributed by atoms with E-state index in [4.69, 9.17) is 15.6 Å². The van der Waals surface area contributed by atoms with Crippen molar-refractivity contribution in [2.75, 3.05) is 31.6 Å². The van der Waals surface area contributed by atoms with Gasteiger partial charge in [0.05, 0.1) is 19.8 Å². The number of nitrogens with two attached hydrogens (primary N) is 1. The Kier molecular flexibility index (Phi) is 15.6. The zero-order chi connectivity index (χ0) is 36.7. The molecule has 0 aliphatic carbocycles. The van der Waals surface area contributed by atoms with E-state index in [9.17, 15) is 46.5 Å². The van der Waals surface area contributed by atoms with Crippen LogP contribution < -0.4 is 27.0 Å². The Morgan fingerprint density at radius 1 is 0.980 bits per heavy atom. The van der Waals surface area contributed by atoms with Crippen molar-refractivity contribution in [3.63, 3.8) is 0 Å². The predicted octanol–water partition coefficient (Wildman–Crippen LogP) is -0.387. The summed E-state index contributed by atoms with van der Waals surface area (Å²) in [5.74, 6) is -4.29. The van der Waals surface area contributed by atoms with Crippen molar-refractivity contribution in [2.24, 2.45) is 11.7 Å². The van der Waals surface area contributed by atoms with Crippen molar-refractivity contribution in [1.82, 2.24) is 20.9 Å². The van der Waals surface area contributed by atoms with Crippen LogP contribution in [0.25, 0.3) is 0 Å². The molecule has 270 valence electrons. The summed E-state index contributed by atoms with van der Waals surface area (Å²) >= 11 is 0. The van der Waals surface area contributed by atoms with E-state index in [0.29, 0.717) is 0 Å². The van der Waals surface area contributed by atoms with Crippen LogP contribution in [0, 0.1) is 5.92 Å². The maximum Gasteiger partial charge on any atom is 0.506 e. The number of amides is 7. The summed E-state index contributed by atoms with van der Waals surface area (Å²) in [4.78, 5) is 85.4. The Morgan fingerprint density at radius 3 is 2.24 bits per heavy atom. The van der Waals surface area contributed by atoms with Crippen LogP contribution in [0.5, 0.6) is 0 Å². The van der Waals surface area contributed by atoms with Gasteiger partial charge in [0.1, 0.15) is 24.4 Å². The summed E-state index contributed by atoms with van der Waals surface area (Å²) in [5.41, 5.74) is 5.18. The number of imide groups is 1. The smallest absolute Gasteiger partial charge is 0.450 e. The Labute approximate surface area is 281 Å². The van der Waals surface area contributed by atoms with Crippen LogP contribution in [-0.2, 0) is 55.9 Å². The minimum Gasteiger partial charge on any atom is -0.450 e. The molecule has 1 aliphatic rings. The molecule has 19 nitrogen and oxygen atoms in total. The number of primary amides is 1. The monoisotopic (exact) mass is 712 g/mol. The molecule has 0 fully saturated rings. The third kappa shape index (κ3) is 14.7. The fourth-order valence-electron chi connectivity index (χ4n) is 4.45. The van der Waals surface area contributed by atoms with Gasteiger partial charge in [0.15, 0.2) is 0 Å². The van der Waals surface area contributed by atoms with Crippen molar-refractivity contribution in [3.8, 4) is 0 Å². The van der Waals surface area contributed by atoms with Gasteiger partial charge >= 0.3 is 12.2 Å². The van der Waals surface area contributed by atoms with Gasteiger partial charge in [-0.3, -0.25) is 33.4 Å². The number of nitrogens with one attached hydrogen (secondary N) is 4. The molecule has 20 heteroatoms. The summed E-state index contributed by atoms with van der Waals surface area (Å²) in [6.07, 6.45) is 0.682. The molecule has 0 saturated carbocycles. The van der Waals surface area contributed by atoms with Gasteiger partial charge in [0.25, 0.3) is 21.9 Å². The molecule has 1 unspecified atom stereocenters. The molecule has 1 aromatic rings. The zero-order valence-corrected chi connectivity index (χ0v) is 27.6. The molecular formula is C29H40N6O13S. The lowest BCUT2D eigenvalue weighted by atomic mass is 10.0. The molecule has 1 heterocycles. The second-order valence-corrected chi connectivity index (χ2v) is 12.5. The first-order valence-corrected chi connectivity index (χ1v) is 16.6. The number of rotatable bonds is 20. The standard InChI is InChI=1S/C29H40N6O13S/c1-17(2)25(34-22(36)9-12-47-13-11-35-23(37)7-8-24(35)38)27(40)33-21(4-3-10-31-28(30)41)26(39)32-20-6-5-18(15-48-29(42)43)19(14-20)16-49(44,45)46/h5-8,14,17,21,25H,3-4,9-13,15-16H2,1-2H3,(H,32,39)(H,33,40)(H,34,36)(H,42,43)(H3,30,31,41)(H,44,45,46)/t21-,25?/m0/s1. The number of ether oxygens (including phenoxy) is 2. The van der Waals surface area contributed by atoms with Gasteiger partial charge in [0, 0.05) is 30.8 Å². The zero-order valence-electron chi connectivity index (χ0n) is 26.8. The van der Waals surface area contributed by atoms with Crippen molar-refractivity contribution in [3.05, 3.63) is 41.5 Å². The van der Waals surface area contributed by atoms with Gasteiger partial charge in [-0.05, 0) is 42.0 Å². The van der Waals surface area contributed by atoms with Crippen molar-refractivity contribution in [2.45, 2.75) is 57.6 Å². The van der Waals surface area contributed by atoms with Gasteiger partial charge < -0.3 is 41.6 Å². The molecule has 2 atom stereocenters. The summed E-state index contributed by atoms with van der Waals surface area (Å²) in [5, 5.41) is 18.9. The van der Waals surface area contributed by atoms with E-state index in [-0.39, 0.29) is 62.4 Å². The topological polar surface area (TPSA) is 290 Å². The molecule has 8 N–H and O–H groups in total. The number of hydrogen-bond acceptors (Lipinski definition) is 11. The van der Waals surface area contributed by atoms with Crippen molar-refractivity contribution < 1.29 is 61.1 Å². The molecule has 0 radical (unpaired) electrons. The maximum atomic E-state index is 13.4. The van der Waals surface area contributed by atoms with Gasteiger partial charge in [-0.15, -0.1) is 0 Å². The van der Waals surface area contributed by atoms with Crippen LogP contribution in [0.3, 0.4) is 0 Å². The van der Waals surface area contributed by atoms with Crippen LogP contribution in [0.2, 0.25) is 0 Å². The third-order valence-corrected chi connectivity index (χ3v) is 7.54. The predicted molar refractivity (Wildman–Crippen MR) is 170 cm³/mol. The highest BCUT2D eigenvalue weighted by atomic mass is 32.2. The van der Waals surface area contributed by atoms with Gasteiger partial charge in [-0.25, -0.2) is 9.59 Å². The molecule has 0 saturated heterocycles. The number of carbonyl (C=O) groups excluding carboxylic acids is 6. The fourth-order valence-corrected chi connectivity index (χ4v) is 5.11. The second kappa shape index (κ2) is 19.1. The van der Waals surface area contributed by atoms with E-state index >= 15 is 0 Å². The van der Waals surface area contributed by atoms with Crippen LogP contribution in [0.15, 0.2) is 30.4 Å². The highest BCUT2D eigenvalue weighted by Gasteiger charge is 2.29. The minimum absolute atomic E-state index is 0.00190. The van der Waals surface area contributed by atoms with E-state index in [1.54, 1.807) is 13.8 Å². The third-order valence-electron chi connectivity index (χ3n) is 6.86. The van der Waals surface area contributed by atoms with E-state index in [2.05, 4.69) is 26.0 Å². The minimum atomic E-state index is -4.57. The SMILES string of the molecule is CC(C)C(NC(=O)CCOCCN1C(=O)C=CC1=O)C(=O)N[C@@H](CCCNC(N)=O)C(=O)Nc1ccc(COC(=O)O)c(CS(=O)(=O)O)c1. The maximum absolute atomic E-state index is 13.4. The Balaban J connectivity index is 2.09. The summed E-state index contributed by atoms with van der Waals surface area (Å²) in [7, 11) is -4.57. The molecule has 0 aromatic heterocycles. The molecular weight excluding hydrogens is 672 g/mol. The fraction of sp³-hybridized carbons (Fsp3) is 0.483. The summed E-state index contributed by atoms with van der Waals surface area (Å²) in [6.45, 7) is 2.79. The lowest BCUT2D eigenvalue weighted by Gasteiger charge is -2.25. The van der Waals surface area contributed by atoms with Gasteiger partial charge in [-0.2, -0.15) is 8.42 Å². The van der Waals surface area contributed by atoms with Crippen molar-refractivity contribution in [1.29, 1.82) is 0 Å². The number of benzene rings is 1. The highest BCUT2D eigenvalue weighted by Crippen LogP contribution is 2.20. The normalized spacial score (nSPS) is 13.9. The van der Waals surface area contributed by atoms with Gasteiger partial charge in [0.2, 0.25) is 17.7 Å². The average Bonchev–Trinajstić information content (AvgIpc) is 3.31. The van der Waals surface area contributed by atoms with Crippen LogP contribution in [-0.4, -0.2) is 103 Å². The summed E-state index contributed by atoms with van der Waals surface area (Å²) in [6, 6.07) is 0.694. The number of carboxylic acid groups (broad SMARTS) is 1. The highest BCUT2D eigenvalue weighted by molar-refractivity contribution is 7.85. The van der Waals surface area contributed by atoms with Crippen LogP contribution in [0.1, 0.15) is 44.2 Å². The quantitative estimate of drug-likeness (QED) is 0.0393. The van der Waals surface area contributed by atoms with E-state index in [1.807, 2.05) is 0 Å². The first-order chi connectivity index (χ1) is 23.0. The van der Waals surface area contributed by atoms with E-state index in [0.717, 1.165) is 17.1 Å². The molecule has 2 rings (SSSR count). The van der Waals surface area contributed by atoms with Crippen LogP contribution in [0.4, 0.5) is 15.3 Å². The lowest BCUT2D eigenvalue weighted by molar-refractivity contribution is -0.138. The summed E-state index contributed by atoms with van der Waals surface area (Å²) < 4.78 is 42.3. The number of nitrogens with zero attached hydrogens (tertiary/aromatic N) is 1. The Bertz CT molecular complexity index is 1530. The first-order valence-electron chi connectivity index (χ1n) is 14.9. The van der Waals surface area contributed by atoms with Crippen molar-refractivity contribution >= 4 is 57.5 Å². The number of hydrogen-bond donors (Lipinski definition) is 7. The molecule has 49 heavy (non-hydrogen) atoms. The number of anilines is 1. The Hall–Kier alpha value is -5.08. The van der Waals surface area contributed by atoms with E-state index in [1.165, 1.54) is 18.2 Å². The molecule has 7 amide bonds. The lowest BCUT2D eigenvalue weighted by Crippen LogP contribution is -2.54. The molecule has 0 spiro atoms. The molecule has 1 aliphatic heterocycles. The first kappa shape index (κ1) is 40.1.